The van der Waals surface area contributed by atoms with E-state index in [0.29, 0.717) is 12.6 Å². The summed E-state index contributed by atoms with van der Waals surface area (Å²) in [5, 5.41) is 10.4. The predicted molar refractivity (Wildman–Crippen MR) is 88.1 cm³/mol. The second-order valence-corrected chi connectivity index (χ2v) is 6.14. The van der Waals surface area contributed by atoms with Crippen LogP contribution < -0.4 is 5.32 Å². The van der Waals surface area contributed by atoms with E-state index >= 15 is 0 Å². The van der Waals surface area contributed by atoms with Gasteiger partial charge in [0.05, 0.1) is 12.7 Å². The van der Waals surface area contributed by atoms with E-state index in [1.54, 1.807) is 0 Å². The second-order valence-electron chi connectivity index (χ2n) is 6.14. The molecular formula is C17H21F2N5O. The number of halogens is 2. The number of aromatic nitrogens is 3. The van der Waals surface area contributed by atoms with Crippen LogP contribution in [0.25, 0.3) is 0 Å². The van der Waals surface area contributed by atoms with Gasteiger partial charge < -0.3 is 5.32 Å². The zero-order chi connectivity index (χ0) is 17.8. The van der Waals surface area contributed by atoms with E-state index in [9.17, 15) is 13.6 Å². The van der Waals surface area contributed by atoms with E-state index < -0.39 is 11.6 Å². The molecule has 8 heteroatoms. The fraction of sp³-hybridized carbons (Fsp3) is 0.471. The van der Waals surface area contributed by atoms with E-state index in [0.717, 1.165) is 25.9 Å². The molecular weight excluding hydrogens is 328 g/mol. The van der Waals surface area contributed by atoms with Gasteiger partial charge in [-0.3, -0.25) is 9.69 Å². The van der Waals surface area contributed by atoms with Gasteiger partial charge in [0.2, 0.25) is 0 Å². The zero-order valence-corrected chi connectivity index (χ0v) is 14.1. The maximum Gasteiger partial charge on any atom is 0.273 e. The molecule has 1 saturated heterocycles. The maximum atomic E-state index is 13.7. The predicted octanol–water partition coefficient (Wildman–Crippen LogP) is 1.82. The van der Waals surface area contributed by atoms with E-state index in [2.05, 4.69) is 27.5 Å². The molecule has 3 rings (SSSR count). The van der Waals surface area contributed by atoms with Crippen LogP contribution >= 0.6 is 0 Å². The van der Waals surface area contributed by atoms with Crippen LogP contribution in [0.1, 0.15) is 35.8 Å². The fourth-order valence-corrected chi connectivity index (χ4v) is 3.17. The molecule has 2 aromatic rings. The number of rotatable bonds is 6. The topological polar surface area (TPSA) is 63.1 Å². The average molecular weight is 349 g/mol. The van der Waals surface area contributed by atoms with Crippen LogP contribution in [-0.4, -0.2) is 51.5 Å². The summed E-state index contributed by atoms with van der Waals surface area (Å²) >= 11 is 0. The summed E-state index contributed by atoms with van der Waals surface area (Å²) < 4.78 is 28.6. The lowest BCUT2D eigenvalue weighted by Gasteiger charge is -2.22. The molecule has 2 heterocycles. The zero-order valence-electron chi connectivity index (χ0n) is 14.1. The normalized spacial score (nSPS) is 17.8. The van der Waals surface area contributed by atoms with Crippen molar-refractivity contribution in [2.75, 3.05) is 19.6 Å². The Bertz CT molecular complexity index is 728. The molecule has 1 fully saturated rings. The average Bonchev–Trinajstić information content (AvgIpc) is 3.25. The summed E-state index contributed by atoms with van der Waals surface area (Å²) in [6, 6.07) is 4.02. The molecule has 0 unspecified atom stereocenters. The number of likely N-dealkylation sites (N-methyl/N-ethyl adjacent to an activating group) is 1. The van der Waals surface area contributed by atoms with Crippen LogP contribution in [-0.2, 0) is 6.54 Å². The van der Waals surface area contributed by atoms with Gasteiger partial charge in [-0.05, 0) is 38.1 Å². The Labute approximate surface area is 144 Å². The lowest BCUT2D eigenvalue weighted by atomic mass is 10.2. The van der Waals surface area contributed by atoms with Gasteiger partial charge in [-0.25, -0.2) is 13.5 Å². The van der Waals surface area contributed by atoms with Gasteiger partial charge in [-0.1, -0.05) is 18.2 Å². The number of amides is 1. The molecule has 0 saturated carbocycles. The first kappa shape index (κ1) is 17.5. The lowest BCUT2D eigenvalue weighted by molar-refractivity contribution is 0.0936. The van der Waals surface area contributed by atoms with Crippen molar-refractivity contribution in [3.8, 4) is 0 Å². The highest BCUT2D eigenvalue weighted by Gasteiger charge is 2.23. The number of likely N-dealkylation sites (tertiary alicyclic amines) is 1. The number of carbonyl (C=O) groups is 1. The summed E-state index contributed by atoms with van der Waals surface area (Å²) in [7, 11) is 0. The molecule has 0 spiro atoms. The molecule has 0 radical (unpaired) electrons. The number of carbonyl (C=O) groups excluding carboxylic acids is 1. The third-order valence-electron chi connectivity index (χ3n) is 4.56. The molecule has 0 aliphatic carbocycles. The van der Waals surface area contributed by atoms with Gasteiger partial charge in [-0.2, -0.15) is 0 Å². The van der Waals surface area contributed by atoms with Crippen molar-refractivity contribution in [1.82, 2.24) is 25.2 Å². The standard InChI is InChI=1S/C17H21F2N5O/c1-2-23-8-4-5-12(23)9-20-17(25)16-11-24(22-21-16)10-13-14(18)6-3-7-15(13)19/h3,6-7,11-12H,2,4-5,8-10H2,1H3,(H,20,25)/t12-/m0/s1. The fourth-order valence-electron chi connectivity index (χ4n) is 3.17. The monoisotopic (exact) mass is 349 g/mol. The summed E-state index contributed by atoms with van der Waals surface area (Å²) in [4.78, 5) is 14.5. The first-order chi connectivity index (χ1) is 12.1. The number of nitrogens with one attached hydrogen (secondary N) is 1. The van der Waals surface area contributed by atoms with Gasteiger partial charge in [0.15, 0.2) is 5.69 Å². The van der Waals surface area contributed by atoms with E-state index in [4.69, 9.17) is 0 Å². The van der Waals surface area contributed by atoms with Crippen molar-refractivity contribution < 1.29 is 13.6 Å². The lowest BCUT2D eigenvalue weighted by Crippen LogP contribution is -2.40. The Hall–Kier alpha value is -2.35. The quantitative estimate of drug-likeness (QED) is 0.864. The van der Waals surface area contributed by atoms with Crippen LogP contribution in [0.3, 0.4) is 0 Å². The number of nitrogens with zero attached hydrogens (tertiary/aromatic N) is 4. The van der Waals surface area contributed by atoms with Crippen molar-refractivity contribution in [2.24, 2.45) is 0 Å². The molecule has 6 nitrogen and oxygen atoms in total. The summed E-state index contributed by atoms with van der Waals surface area (Å²) in [5.74, 6) is -1.63. The first-order valence-corrected chi connectivity index (χ1v) is 8.43. The van der Waals surface area contributed by atoms with E-state index in [-0.39, 0.29) is 23.7 Å². The van der Waals surface area contributed by atoms with Gasteiger partial charge in [-0.15, -0.1) is 5.10 Å². The summed E-state index contributed by atoms with van der Waals surface area (Å²) in [6.07, 6.45) is 3.60. The minimum atomic E-state index is -0.651. The van der Waals surface area contributed by atoms with E-state index in [1.807, 2.05) is 0 Å². The van der Waals surface area contributed by atoms with Crippen molar-refractivity contribution in [1.29, 1.82) is 0 Å². The summed E-state index contributed by atoms with van der Waals surface area (Å²) in [6.45, 7) is 4.56. The van der Waals surface area contributed by atoms with Gasteiger partial charge in [0.25, 0.3) is 5.91 Å². The van der Waals surface area contributed by atoms with E-state index in [1.165, 1.54) is 29.1 Å². The Morgan fingerprint density at radius 2 is 2.12 bits per heavy atom. The van der Waals surface area contributed by atoms with Crippen LogP contribution in [0.5, 0.6) is 0 Å². The molecule has 0 bridgehead atoms. The largest absolute Gasteiger partial charge is 0.349 e. The van der Waals surface area contributed by atoms with Crippen molar-refractivity contribution in [2.45, 2.75) is 32.4 Å². The minimum Gasteiger partial charge on any atom is -0.349 e. The van der Waals surface area contributed by atoms with Crippen molar-refractivity contribution in [3.63, 3.8) is 0 Å². The van der Waals surface area contributed by atoms with Crippen LogP contribution in [0.15, 0.2) is 24.4 Å². The highest BCUT2D eigenvalue weighted by molar-refractivity contribution is 5.91. The van der Waals surface area contributed by atoms with Gasteiger partial charge in [0.1, 0.15) is 11.6 Å². The highest BCUT2D eigenvalue weighted by atomic mass is 19.1. The first-order valence-electron chi connectivity index (χ1n) is 8.43. The molecule has 1 amide bonds. The molecule has 25 heavy (non-hydrogen) atoms. The Kier molecular flexibility index (Phi) is 5.37. The van der Waals surface area contributed by atoms with Gasteiger partial charge in [0, 0.05) is 18.2 Å². The smallest absolute Gasteiger partial charge is 0.273 e. The van der Waals surface area contributed by atoms with Crippen LogP contribution in [0.4, 0.5) is 8.78 Å². The van der Waals surface area contributed by atoms with Crippen molar-refractivity contribution in [3.05, 3.63) is 47.3 Å². The molecule has 1 aliphatic heterocycles. The Morgan fingerprint density at radius 3 is 2.84 bits per heavy atom. The highest BCUT2D eigenvalue weighted by Crippen LogP contribution is 2.16. The Morgan fingerprint density at radius 1 is 1.36 bits per heavy atom. The minimum absolute atomic E-state index is 0.107. The third kappa shape index (κ3) is 4.01. The number of benzene rings is 1. The van der Waals surface area contributed by atoms with Gasteiger partial charge >= 0.3 is 0 Å². The summed E-state index contributed by atoms with van der Waals surface area (Å²) in [5.41, 5.74) is 0.0293. The molecule has 1 aliphatic rings. The number of hydrogen-bond donors (Lipinski definition) is 1. The van der Waals surface area contributed by atoms with Crippen LogP contribution in [0, 0.1) is 11.6 Å². The molecule has 1 aromatic carbocycles. The van der Waals surface area contributed by atoms with Crippen LogP contribution in [0.2, 0.25) is 0 Å². The Balaban J connectivity index is 1.60. The maximum absolute atomic E-state index is 13.7. The molecule has 1 N–H and O–H groups in total. The molecule has 1 atom stereocenters. The second kappa shape index (κ2) is 7.69. The number of hydrogen-bond acceptors (Lipinski definition) is 4. The third-order valence-corrected chi connectivity index (χ3v) is 4.56. The van der Waals surface area contributed by atoms with Crippen molar-refractivity contribution >= 4 is 5.91 Å². The molecule has 1 aromatic heterocycles. The SMILES string of the molecule is CCN1CCC[C@H]1CNC(=O)c1cn(Cc2c(F)cccc2F)nn1. The molecule has 134 valence electrons.